The topological polar surface area (TPSA) is 84.2 Å². The third-order valence-corrected chi connectivity index (χ3v) is 5.94. The number of carbonyl (C=O) groups is 1. The number of hydrogen-bond donors (Lipinski definition) is 2. The Balaban J connectivity index is 1.95. The molecule has 0 spiro atoms. The molecule has 0 saturated heterocycles. The van der Waals surface area contributed by atoms with Crippen LogP contribution in [0.5, 0.6) is 0 Å². The summed E-state index contributed by atoms with van der Waals surface area (Å²) in [5.74, 6) is 1.75. The predicted molar refractivity (Wildman–Crippen MR) is 92.1 cm³/mol. The number of amides is 2. The lowest BCUT2D eigenvalue weighted by atomic mass is 9.93. The van der Waals surface area contributed by atoms with Gasteiger partial charge in [0.05, 0.1) is 5.25 Å². The van der Waals surface area contributed by atoms with Crippen molar-refractivity contribution < 1.29 is 13.5 Å². The number of nitrogens with one attached hydrogen (secondary N) is 2. The highest BCUT2D eigenvalue weighted by molar-refractivity contribution is 7.85. The number of aromatic nitrogens is 1. The standard InChI is InChI=1S/C16H27N3O3S/c1-5-23(21)12-9-7-6-8-11(12)17-15(20)18-14-10-13(22-19-14)16(2,3)4/h10-12H,5-9H2,1-4H3,(H2,17,18,19,20)/t11-,12-,23-/m0/s1. The van der Waals surface area contributed by atoms with Crippen molar-refractivity contribution in [2.75, 3.05) is 11.1 Å². The highest BCUT2D eigenvalue weighted by Gasteiger charge is 2.30. The molecule has 2 N–H and O–H groups in total. The van der Waals surface area contributed by atoms with Gasteiger partial charge in [0.1, 0.15) is 5.76 Å². The Labute approximate surface area is 140 Å². The summed E-state index contributed by atoms with van der Waals surface area (Å²) < 4.78 is 17.4. The Kier molecular flexibility index (Phi) is 5.84. The van der Waals surface area contributed by atoms with Gasteiger partial charge < -0.3 is 9.84 Å². The van der Waals surface area contributed by atoms with E-state index in [1.165, 1.54) is 0 Å². The lowest BCUT2D eigenvalue weighted by Gasteiger charge is -2.31. The maximum atomic E-state index is 12.2. The Hall–Kier alpha value is -1.37. The van der Waals surface area contributed by atoms with Gasteiger partial charge in [0.2, 0.25) is 0 Å². The minimum Gasteiger partial charge on any atom is -0.359 e. The molecule has 0 radical (unpaired) electrons. The number of rotatable bonds is 4. The summed E-state index contributed by atoms with van der Waals surface area (Å²) >= 11 is 0. The maximum Gasteiger partial charge on any atom is 0.320 e. The van der Waals surface area contributed by atoms with Crippen LogP contribution in [0.15, 0.2) is 10.6 Å². The zero-order valence-electron chi connectivity index (χ0n) is 14.3. The first kappa shape index (κ1) is 18.0. The van der Waals surface area contributed by atoms with E-state index in [4.69, 9.17) is 4.52 Å². The molecule has 0 aromatic carbocycles. The Morgan fingerprint density at radius 3 is 2.70 bits per heavy atom. The van der Waals surface area contributed by atoms with E-state index in [9.17, 15) is 9.00 Å². The van der Waals surface area contributed by atoms with Gasteiger partial charge in [0, 0.05) is 34.1 Å². The molecule has 0 aliphatic heterocycles. The van der Waals surface area contributed by atoms with E-state index in [1.807, 2.05) is 27.7 Å². The first-order chi connectivity index (χ1) is 10.8. The molecule has 130 valence electrons. The monoisotopic (exact) mass is 341 g/mol. The van der Waals surface area contributed by atoms with Gasteiger partial charge in [-0.1, -0.05) is 45.7 Å². The molecule has 3 atom stereocenters. The summed E-state index contributed by atoms with van der Waals surface area (Å²) in [6.45, 7) is 7.98. The molecule has 7 heteroatoms. The van der Waals surface area contributed by atoms with Gasteiger partial charge in [-0.05, 0) is 12.8 Å². The van der Waals surface area contributed by atoms with Gasteiger partial charge in [-0.15, -0.1) is 0 Å². The number of hydrogen-bond acceptors (Lipinski definition) is 4. The first-order valence-electron chi connectivity index (χ1n) is 8.23. The molecule has 0 unspecified atom stereocenters. The van der Waals surface area contributed by atoms with Crippen LogP contribution < -0.4 is 10.6 Å². The van der Waals surface area contributed by atoms with Crippen LogP contribution in [0.3, 0.4) is 0 Å². The fraction of sp³-hybridized carbons (Fsp3) is 0.750. The summed E-state index contributed by atoms with van der Waals surface area (Å²) in [6, 6.07) is 1.38. The van der Waals surface area contributed by atoms with Crippen LogP contribution in [0.4, 0.5) is 10.6 Å². The van der Waals surface area contributed by atoms with Gasteiger partial charge in [0.15, 0.2) is 5.82 Å². The molecule has 2 rings (SSSR count). The van der Waals surface area contributed by atoms with Gasteiger partial charge in [0.25, 0.3) is 0 Å². The van der Waals surface area contributed by atoms with Gasteiger partial charge in [-0.3, -0.25) is 9.53 Å². The summed E-state index contributed by atoms with van der Waals surface area (Å²) in [5.41, 5.74) is -0.157. The van der Waals surface area contributed by atoms with Crippen molar-refractivity contribution in [3.63, 3.8) is 0 Å². The molecule has 1 heterocycles. The fourth-order valence-corrected chi connectivity index (χ4v) is 4.23. The fourth-order valence-electron chi connectivity index (χ4n) is 2.80. The minimum atomic E-state index is -0.891. The predicted octanol–water partition coefficient (Wildman–Crippen LogP) is 3.17. The van der Waals surface area contributed by atoms with Crippen LogP contribution in [0, 0.1) is 0 Å². The van der Waals surface area contributed by atoms with Gasteiger partial charge >= 0.3 is 6.03 Å². The Morgan fingerprint density at radius 1 is 1.39 bits per heavy atom. The third kappa shape index (κ3) is 4.80. The average Bonchev–Trinajstić information content (AvgIpc) is 2.95. The van der Waals surface area contributed by atoms with E-state index in [-0.39, 0.29) is 22.7 Å². The zero-order chi connectivity index (χ0) is 17.0. The molecule has 1 fully saturated rings. The van der Waals surface area contributed by atoms with Gasteiger partial charge in [-0.25, -0.2) is 4.79 Å². The first-order valence-corrected chi connectivity index (χ1v) is 9.61. The van der Waals surface area contributed by atoms with Crippen molar-refractivity contribution in [2.45, 2.75) is 70.1 Å². The normalized spacial score (nSPS) is 23.3. The van der Waals surface area contributed by atoms with E-state index < -0.39 is 10.8 Å². The minimum absolute atomic E-state index is 0.0430. The lowest BCUT2D eigenvalue weighted by molar-refractivity contribution is 0.244. The largest absolute Gasteiger partial charge is 0.359 e. The highest BCUT2D eigenvalue weighted by atomic mass is 32.2. The van der Waals surface area contributed by atoms with E-state index in [0.717, 1.165) is 31.4 Å². The number of urea groups is 1. The van der Waals surface area contributed by atoms with Crippen molar-refractivity contribution in [1.82, 2.24) is 10.5 Å². The molecular weight excluding hydrogens is 314 g/mol. The molecule has 6 nitrogen and oxygen atoms in total. The zero-order valence-corrected chi connectivity index (χ0v) is 15.2. The summed E-state index contributed by atoms with van der Waals surface area (Å²) in [6.07, 6.45) is 3.91. The van der Waals surface area contributed by atoms with Crippen molar-refractivity contribution in [3.8, 4) is 0 Å². The smallest absolute Gasteiger partial charge is 0.320 e. The second-order valence-corrected chi connectivity index (χ2v) is 8.97. The average molecular weight is 341 g/mol. The van der Waals surface area contributed by atoms with Crippen LogP contribution in [0.2, 0.25) is 0 Å². The number of carbonyl (C=O) groups excluding carboxylic acids is 1. The molecule has 1 aliphatic carbocycles. The second kappa shape index (κ2) is 7.47. The third-order valence-electron chi connectivity index (χ3n) is 4.13. The number of anilines is 1. The molecule has 1 saturated carbocycles. The van der Waals surface area contributed by atoms with Crippen LogP contribution in [-0.2, 0) is 16.2 Å². The second-order valence-electron chi connectivity index (χ2n) is 7.02. The summed E-state index contributed by atoms with van der Waals surface area (Å²) in [5, 5.41) is 9.58. The Bertz CT molecular complexity index is 565. The highest BCUT2D eigenvalue weighted by Crippen LogP contribution is 2.25. The van der Waals surface area contributed by atoms with Gasteiger partial charge in [-0.2, -0.15) is 0 Å². The lowest BCUT2D eigenvalue weighted by Crippen LogP contribution is -2.48. The maximum absolute atomic E-state index is 12.2. The van der Waals surface area contributed by atoms with Crippen molar-refractivity contribution >= 4 is 22.6 Å². The molecule has 1 aliphatic rings. The van der Waals surface area contributed by atoms with Crippen LogP contribution in [0.1, 0.15) is 59.1 Å². The van der Waals surface area contributed by atoms with E-state index >= 15 is 0 Å². The van der Waals surface area contributed by atoms with E-state index in [0.29, 0.717) is 11.6 Å². The van der Waals surface area contributed by atoms with Crippen molar-refractivity contribution in [1.29, 1.82) is 0 Å². The quantitative estimate of drug-likeness (QED) is 0.881. The van der Waals surface area contributed by atoms with Crippen LogP contribution in [0.25, 0.3) is 0 Å². The van der Waals surface area contributed by atoms with E-state index in [2.05, 4.69) is 15.8 Å². The molecule has 23 heavy (non-hydrogen) atoms. The summed E-state index contributed by atoms with van der Waals surface area (Å²) in [7, 11) is -0.891. The number of nitrogens with zero attached hydrogens (tertiary/aromatic N) is 1. The van der Waals surface area contributed by atoms with Crippen LogP contribution in [-0.4, -0.2) is 32.4 Å². The van der Waals surface area contributed by atoms with Crippen molar-refractivity contribution in [3.05, 3.63) is 11.8 Å². The molecule has 1 aromatic rings. The Morgan fingerprint density at radius 2 is 2.09 bits per heavy atom. The van der Waals surface area contributed by atoms with E-state index in [1.54, 1.807) is 6.07 Å². The molecule has 0 bridgehead atoms. The van der Waals surface area contributed by atoms with Crippen molar-refractivity contribution in [2.24, 2.45) is 0 Å². The van der Waals surface area contributed by atoms with Crippen LogP contribution >= 0.6 is 0 Å². The molecule has 2 amide bonds. The molecule has 1 aromatic heterocycles. The summed E-state index contributed by atoms with van der Waals surface area (Å²) in [4.78, 5) is 12.2. The molecular formula is C16H27N3O3S. The SMILES string of the molecule is CC[S@](=O)[C@H]1CCCC[C@@H]1NC(=O)Nc1cc(C(C)(C)C)on1.